The Balaban J connectivity index is 1.78. The van der Waals surface area contributed by atoms with Crippen LogP contribution in [-0.4, -0.2) is 42.7 Å². The number of hydrogen-bond acceptors (Lipinski definition) is 6. The molecular formula is C21H19BrN2O5S. The van der Waals surface area contributed by atoms with Crippen molar-refractivity contribution in [2.75, 3.05) is 26.1 Å². The summed E-state index contributed by atoms with van der Waals surface area (Å²) in [6.07, 6.45) is 1.55. The highest BCUT2D eigenvalue weighted by Gasteiger charge is 2.36. The van der Waals surface area contributed by atoms with Gasteiger partial charge in [0.05, 0.1) is 19.1 Å². The average molecular weight is 491 g/mol. The fraction of sp³-hybridized carbons (Fsp3) is 0.190. The number of imide groups is 1. The number of methoxy groups -OCH3 is 2. The van der Waals surface area contributed by atoms with E-state index in [0.29, 0.717) is 22.7 Å². The zero-order valence-corrected chi connectivity index (χ0v) is 18.9. The Bertz CT molecular complexity index is 1040. The Morgan fingerprint density at radius 3 is 2.50 bits per heavy atom. The predicted molar refractivity (Wildman–Crippen MR) is 120 cm³/mol. The van der Waals surface area contributed by atoms with Gasteiger partial charge in [-0.3, -0.25) is 19.3 Å². The van der Waals surface area contributed by atoms with Crippen LogP contribution in [0.3, 0.4) is 0 Å². The third-order valence-electron chi connectivity index (χ3n) is 4.27. The number of thioether (sulfide) groups is 1. The molecule has 1 saturated heterocycles. The van der Waals surface area contributed by atoms with Crippen molar-refractivity contribution in [3.8, 4) is 11.5 Å². The van der Waals surface area contributed by atoms with E-state index in [2.05, 4.69) is 21.2 Å². The van der Waals surface area contributed by atoms with Crippen LogP contribution in [-0.2, 0) is 9.59 Å². The van der Waals surface area contributed by atoms with Crippen LogP contribution in [0.25, 0.3) is 6.08 Å². The normalized spacial score (nSPS) is 14.9. The van der Waals surface area contributed by atoms with E-state index in [1.165, 1.54) is 14.2 Å². The lowest BCUT2D eigenvalue weighted by molar-refractivity contribution is -0.127. The van der Waals surface area contributed by atoms with Crippen molar-refractivity contribution >= 4 is 56.5 Å². The maximum absolute atomic E-state index is 12.7. The Hall–Kier alpha value is -2.78. The van der Waals surface area contributed by atoms with E-state index < -0.39 is 17.1 Å². The first kappa shape index (κ1) is 21.9. The fourth-order valence-electron chi connectivity index (χ4n) is 2.82. The summed E-state index contributed by atoms with van der Waals surface area (Å²) in [5.74, 6) is -0.0754. The quantitative estimate of drug-likeness (QED) is 0.602. The van der Waals surface area contributed by atoms with E-state index in [9.17, 15) is 14.4 Å². The molecule has 7 nitrogen and oxygen atoms in total. The molecule has 2 aromatic rings. The summed E-state index contributed by atoms with van der Waals surface area (Å²) in [6, 6.07) is 10.7. The molecule has 3 amide bonds. The zero-order valence-electron chi connectivity index (χ0n) is 16.5. The number of rotatable bonds is 6. The average Bonchev–Trinajstić information content (AvgIpc) is 2.96. The van der Waals surface area contributed by atoms with Crippen LogP contribution in [0.2, 0.25) is 0 Å². The molecule has 1 N–H and O–H groups in total. The highest BCUT2D eigenvalue weighted by Crippen LogP contribution is 2.39. The molecule has 0 aromatic heterocycles. The number of amides is 3. The molecule has 0 aliphatic carbocycles. The van der Waals surface area contributed by atoms with Crippen molar-refractivity contribution in [3.05, 3.63) is 56.9 Å². The van der Waals surface area contributed by atoms with E-state index in [1.54, 1.807) is 30.3 Å². The maximum atomic E-state index is 12.7. The van der Waals surface area contributed by atoms with Crippen molar-refractivity contribution in [2.24, 2.45) is 0 Å². The third-order valence-corrected chi connectivity index (χ3v) is 5.63. The van der Waals surface area contributed by atoms with Crippen LogP contribution < -0.4 is 14.8 Å². The molecule has 156 valence electrons. The second kappa shape index (κ2) is 9.36. The number of carbonyl (C=O) groups excluding carboxylic acids is 3. The number of carbonyl (C=O) groups is 3. The summed E-state index contributed by atoms with van der Waals surface area (Å²) in [6.45, 7) is 1.57. The van der Waals surface area contributed by atoms with Crippen LogP contribution in [0.15, 0.2) is 45.8 Å². The summed E-state index contributed by atoms with van der Waals surface area (Å²) in [5, 5.41) is 2.18. The highest BCUT2D eigenvalue weighted by atomic mass is 79.9. The SMILES string of the molecule is COc1cc(Br)cc(C=C2SC(=O)N(CC(=O)Nc3ccc(C)cc3)C2=O)c1OC. The van der Waals surface area contributed by atoms with Crippen LogP contribution in [0.4, 0.5) is 10.5 Å². The molecule has 2 aromatic carbocycles. The van der Waals surface area contributed by atoms with Gasteiger partial charge in [0.25, 0.3) is 11.1 Å². The second-order valence-electron chi connectivity index (χ2n) is 6.41. The zero-order chi connectivity index (χ0) is 21.8. The molecule has 0 saturated carbocycles. The minimum Gasteiger partial charge on any atom is -0.493 e. The summed E-state index contributed by atoms with van der Waals surface area (Å²) in [7, 11) is 3.00. The van der Waals surface area contributed by atoms with Crippen molar-refractivity contribution in [1.82, 2.24) is 4.90 Å². The third kappa shape index (κ3) is 4.85. The lowest BCUT2D eigenvalue weighted by Crippen LogP contribution is -2.36. The molecule has 1 fully saturated rings. The Morgan fingerprint density at radius 1 is 1.17 bits per heavy atom. The van der Waals surface area contributed by atoms with E-state index in [4.69, 9.17) is 9.47 Å². The molecule has 0 spiro atoms. The van der Waals surface area contributed by atoms with Gasteiger partial charge in [-0.2, -0.15) is 0 Å². The molecular weight excluding hydrogens is 472 g/mol. The summed E-state index contributed by atoms with van der Waals surface area (Å²) in [5.41, 5.74) is 2.22. The molecule has 1 aliphatic heterocycles. The number of aryl methyl sites for hydroxylation is 1. The van der Waals surface area contributed by atoms with E-state index >= 15 is 0 Å². The van der Waals surface area contributed by atoms with Crippen LogP contribution >= 0.6 is 27.7 Å². The van der Waals surface area contributed by atoms with Gasteiger partial charge in [-0.15, -0.1) is 0 Å². The molecule has 30 heavy (non-hydrogen) atoms. The van der Waals surface area contributed by atoms with Crippen molar-refractivity contribution in [3.63, 3.8) is 0 Å². The minimum absolute atomic E-state index is 0.196. The molecule has 0 unspecified atom stereocenters. The topological polar surface area (TPSA) is 84.9 Å². The van der Waals surface area contributed by atoms with Crippen LogP contribution in [0.1, 0.15) is 11.1 Å². The number of anilines is 1. The number of halogens is 1. The first-order chi connectivity index (χ1) is 14.3. The van der Waals surface area contributed by atoms with E-state index in [0.717, 1.165) is 26.7 Å². The molecule has 1 aliphatic rings. The molecule has 9 heteroatoms. The van der Waals surface area contributed by atoms with Gasteiger partial charge in [-0.1, -0.05) is 33.6 Å². The first-order valence-corrected chi connectivity index (χ1v) is 10.5. The smallest absolute Gasteiger partial charge is 0.294 e. The van der Waals surface area contributed by atoms with Gasteiger partial charge in [-0.05, 0) is 49.0 Å². The lowest BCUT2D eigenvalue weighted by Gasteiger charge is -2.13. The van der Waals surface area contributed by atoms with Crippen LogP contribution in [0, 0.1) is 6.92 Å². The summed E-state index contributed by atoms with van der Waals surface area (Å²) in [4.78, 5) is 38.5. The molecule has 1 heterocycles. The Morgan fingerprint density at radius 2 is 1.87 bits per heavy atom. The number of benzene rings is 2. The Kier molecular flexibility index (Phi) is 6.84. The summed E-state index contributed by atoms with van der Waals surface area (Å²) < 4.78 is 11.4. The standard InChI is InChI=1S/C21H19BrN2O5S/c1-12-4-6-15(7-5-12)23-18(25)11-24-20(26)17(30-21(24)27)9-13-8-14(22)10-16(28-2)19(13)29-3/h4-10H,11H2,1-3H3,(H,23,25). The van der Waals surface area contributed by atoms with Gasteiger partial charge in [0, 0.05) is 15.7 Å². The maximum Gasteiger partial charge on any atom is 0.294 e. The van der Waals surface area contributed by atoms with Gasteiger partial charge in [-0.25, -0.2) is 0 Å². The van der Waals surface area contributed by atoms with Crippen molar-refractivity contribution in [2.45, 2.75) is 6.92 Å². The molecule has 3 rings (SSSR count). The molecule has 0 atom stereocenters. The fourth-order valence-corrected chi connectivity index (χ4v) is 4.11. The number of hydrogen-bond donors (Lipinski definition) is 1. The minimum atomic E-state index is -0.537. The van der Waals surface area contributed by atoms with Gasteiger partial charge >= 0.3 is 0 Å². The van der Waals surface area contributed by atoms with Gasteiger partial charge in [0.2, 0.25) is 5.91 Å². The monoisotopic (exact) mass is 490 g/mol. The Labute approximate surface area is 186 Å². The van der Waals surface area contributed by atoms with Crippen molar-refractivity contribution in [1.29, 1.82) is 0 Å². The van der Waals surface area contributed by atoms with Crippen LogP contribution in [0.5, 0.6) is 11.5 Å². The second-order valence-corrected chi connectivity index (χ2v) is 8.32. The number of ether oxygens (including phenoxy) is 2. The van der Waals surface area contributed by atoms with Gasteiger partial charge in [0.1, 0.15) is 6.54 Å². The summed E-state index contributed by atoms with van der Waals surface area (Å²) >= 11 is 4.16. The number of nitrogens with one attached hydrogen (secondary N) is 1. The van der Waals surface area contributed by atoms with Gasteiger partial charge in [0.15, 0.2) is 11.5 Å². The molecule has 0 bridgehead atoms. The largest absolute Gasteiger partial charge is 0.493 e. The van der Waals surface area contributed by atoms with E-state index in [-0.39, 0.29) is 11.4 Å². The first-order valence-electron chi connectivity index (χ1n) is 8.85. The predicted octanol–water partition coefficient (Wildman–Crippen LogP) is 4.45. The van der Waals surface area contributed by atoms with Crippen molar-refractivity contribution < 1.29 is 23.9 Å². The van der Waals surface area contributed by atoms with Gasteiger partial charge < -0.3 is 14.8 Å². The van der Waals surface area contributed by atoms with E-state index in [1.807, 2.05) is 19.1 Å². The number of nitrogens with zero attached hydrogens (tertiary/aromatic N) is 1. The molecule has 0 radical (unpaired) electrons. The lowest BCUT2D eigenvalue weighted by atomic mass is 10.1. The highest BCUT2D eigenvalue weighted by molar-refractivity contribution is 9.10.